The number of rotatable bonds is 18. The summed E-state index contributed by atoms with van der Waals surface area (Å²) in [5, 5.41) is 19.2. The van der Waals surface area contributed by atoms with Gasteiger partial charge in [-0.2, -0.15) is 0 Å². The van der Waals surface area contributed by atoms with Gasteiger partial charge in [-0.25, -0.2) is 4.79 Å². The third-order valence-corrected chi connectivity index (χ3v) is 9.54. The van der Waals surface area contributed by atoms with Crippen LogP contribution in [0.1, 0.15) is 63.5 Å². The number of aromatic nitrogens is 1. The molecule has 1 fully saturated rings. The number of H-pyrrole nitrogens is 1. The lowest BCUT2D eigenvalue weighted by Gasteiger charge is -2.31. The number of likely N-dealkylation sites (tertiary alicyclic amines) is 1. The van der Waals surface area contributed by atoms with Crippen molar-refractivity contribution in [2.24, 2.45) is 17.4 Å². The highest BCUT2D eigenvalue weighted by Gasteiger charge is 2.39. The molecule has 0 unspecified atom stereocenters. The number of carboxylic acid groups (broad SMARTS) is 1. The van der Waals surface area contributed by atoms with Crippen molar-refractivity contribution < 1.29 is 29.1 Å². The van der Waals surface area contributed by atoms with Crippen LogP contribution in [-0.4, -0.2) is 87.9 Å². The van der Waals surface area contributed by atoms with Crippen molar-refractivity contribution in [2.75, 3.05) is 13.1 Å². The first-order valence-electron chi connectivity index (χ1n) is 17.5. The topological polar surface area (TPSA) is 213 Å². The van der Waals surface area contributed by atoms with Crippen molar-refractivity contribution in [3.63, 3.8) is 0 Å². The number of nitrogens with zero attached hydrogens (tertiary/aromatic N) is 1. The fraction of sp³-hybridized carbons (Fsp3) is 0.486. The Hall–Kier alpha value is -4.75. The smallest absolute Gasteiger partial charge is 0.326 e. The third-order valence-electron chi connectivity index (χ3n) is 9.54. The van der Waals surface area contributed by atoms with Gasteiger partial charge in [-0.1, -0.05) is 68.8 Å². The van der Waals surface area contributed by atoms with Crippen molar-refractivity contribution >= 4 is 40.5 Å². The lowest BCUT2D eigenvalue weighted by Crippen LogP contribution is -2.59. The number of aliphatic carboxylic acids is 1. The van der Waals surface area contributed by atoms with Crippen LogP contribution in [0.3, 0.4) is 0 Å². The third kappa shape index (κ3) is 9.91. The van der Waals surface area contributed by atoms with E-state index in [9.17, 15) is 29.1 Å². The lowest BCUT2D eigenvalue weighted by molar-refractivity contribution is -0.142. The Morgan fingerprint density at radius 3 is 2.34 bits per heavy atom. The largest absolute Gasteiger partial charge is 0.480 e. The number of carbonyl (C=O) groups excluding carboxylic acids is 4. The number of fused-ring (bicyclic) bond motifs is 1. The number of nitrogens with two attached hydrogens (primary N) is 2. The van der Waals surface area contributed by atoms with Crippen molar-refractivity contribution in [2.45, 2.75) is 95.4 Å². The van der Waals surface area contributed by atoms with Gasteiger partial charge >= 0.3 is 5.97 Å². The molecule has 0 radical (unpaired) electrons. The zero-order valence-corrected chi connectivity index (χ0v) is 28.9. The molecule has 2 aromatic carbocycles. The van der Waals surface area contributed by atoms with Crippen LogP contribution >= 0.6 is 0 Å². The Balaban J connectivity index is 1.45. The Kier molecular flexibility index (Phi) is 13.9. The second-order valence-corrected chi connectivity index (χ2v) is 13.2. The van der Waals surface area contributed by atoms with Gasteiger partial charge in [0.05, 0.1) is 6.04 Å². The second-order valence-electron chi connectivity index (χ2n) is 13.2. The van der Waals surface area contributed by atoms with E-state index in [1.807, 2.05) is 68.4 Å². The van der Waals surface area contributed by atoms with Gasteiger partial charge in [0.15, 0.2) is 0 Å². The van der Waals surface area contributed by atoms with E-state index in [4.69, 9.17) is 11.5 Å². The van der Waals surface area contributed by atoms with Gasteiger partial charge in [-0.3, -0.25) is 19.2 Å². The molecule has 13 nitrogen and oxygen atoms in total. The Bertz CT molecular complexity index is 1610. The maximum absolute atomic E-state index is 13.8. The van der Waals surface area contributed by atoms with E-state index in [0.29, 0.717) is 51.6 Å². The number of nitrogens with one attached hydrogen (secondary N) is 4. The zero-order chi connectivity index (χ0) is 36.2. The van der Waals surface area contributed by atoms with Crippen LogP contribution in [0.15, 0.2) is 60.8 Å². The second kappa shape index (κ2) is 18.3. The highest BCUT2D eigenvalue weighted by atomic mass is 16.4. The van der Waals surface area contributed by atoms with Crippen LogP contribution in [0.2, 0.25) is 0 Å². The molecular weight excluding hydrogens is 638 g/mol. The van der Waals surface area contributed by atoms with Gasteiger partial charge < -0.3 is 42.4 Å². The molecule has 4 amide bonds. The molecule has 6 atom stereocenters. The van der Waals surface area contributed by atoms with Crippen molar-refractivity contribution in [3.05, 3.63) is 71.9 Å². The summed E-state index contributed by atoms with van der Waals surface area (Å²) < 4.78 is 0. The highest BCUT2D eigenvalue weighted by Crippen LogP contribution is 2.21. The molecule has 1 aliphatic rings. The standard InChI is InChI=1S/C37H51N7O6/c1-3-23(2)32(43-34(46)31-17-11-19-44(31)36(48)27(39)20-24-12-5-4-6-13-24)35(47)41-29(16-9-10-18-38)33(45)42-30(37(49)50)21-25-22-40-28-15-8-7-14-26(25)28/h4-8,12-15,22-23,27,29-32,40H,3,9-11,16-21,38-39H2,1-2H3,(H,41,47)(H,42,45)(H,43,46)(H,49,50)/t23-,27-,29-,30-,31-,32-/m0/s1. The summed E-state index contributed by atoms with van der Waals surface area (Å²) in [5.74, 6) is -3.52. The first-order chi connectivity index (χ1) is 24.0. The summed E-state index contributed by atoms with van der Waals surface area (Å²) in [5.41, 5.74) is 14.5. The highest BCUT2D eigenvalue weighted by molar-refractivity contribution is 5.96. The van der Waals surface area contributed by atoms with Crippen molar-refractivity contribution in [3.8, 4) is 0 Å². The van der Waals surface area contributed by atoms with E-state index < -0.39 is 53.9 Å². The fourth-order valence-electron chi connectivity index (χ4n) is 6.44. The molecule has 0 bridgehead atoms. The Morgan fingerprint density at radius 2 is 1.64 bits per heavy atom. The first kappa shape index (κ1) is 38.1. The number of hydrogen-bond acceptors (Lipinski definition) is 7. The molecule has 1 aromatic heterocycles. The molecule has 0 aliphatic carbocycles. The first-order valence-corrected chi connectivity index (χ1v) is 17.5. The zero-order valence-electron chi connectivity index (χ0n) is 28.9. The molecule has 270 valence electrons. The lowest BCUT2D eigenvalue weighted by atomic mass is 9.96. The number of para-hydroxylation sites is 1. The normalized spacial score (nSPS) is 17.4. The molecule has 1 aliphatic heterocycles. The molecule has 50 heavy (non-hydrogen) atoms. The van der Waals surface area contributed by atoms with Crippen LogP contribution in [0, 0.1) is 5.92 Å². The van der Waals surface area contributed by atoms with Crippen LogP contribution in [0.4, 0.5) is 0 Å². The SMILES string of the molecule is CC[C@H](C)[C@H](NC(=O)[C@@H]1CCCN1C(=O)[C@@H](N)Cc1ccccc1)C(=O)N[C@@H](CCCCN)C(=O)N[C@@H](Cc1c[nH]c2ccccc12)C(=O)O. The van der Waals surface area contributed by atoms with E-state index in [1.54, 1.807) is 6.20 Å². The molecule has 0 spiro atoms. The summed E-state index contributed by atoms with van der Waals surface area (Å²) in [6.07, 6.45) is 5.02. The summed E-state index contributed by atoms with van der Waals surface area (Å²) in [4.78, 5) is 71.4. The molecule has 4 rings (SSSR count). The van der Waals surface area contributed by atoms with E-state index in [-0.39, 0.29) is 24.7 Å². The van der Waals surface area contributed by atoms with Gasteiger partial charge in [0.1, 0.15) is 24.2 Å². The minimum absolute atomic E-state index is 0.0335. The van der Waals surface area contributed by atoms with Crippen LogP contribution in [0.25, 0.3) is 10.9 Å². The summed E-state index contributed by atoms with van der Waals surface area (Å²) in [7, 11) is 0. The van der Waals surface area contributed by atoms with Crippen molar-refractivity contribution in [1.29, 1.82) is 0 Å². The van der Waals surface area contributed by atoms with E-state index in [2.05, 4.69) is 20.9 Å². The number of benzene rings is 2. The number of aromatic amines is 1. The minimum Gasteiger partial charge on any atom is -0.480 e. The molecule has 0 saturated carbocycles. The van der Waals surface area contributed by atoms with E-state index in [1.165, 1.54) is 4.90 Å². The molecule has 2 heterocycles. The Labute approximate surface area is 292 Å². The van der Waals surface area contributed by atoms with Gasteiger partial charge in [0, 0.05) is 30.1 Å². The molecular formula is C37H51N7O6. The summed E-state index contributed by atoms with van der Waals surface area (Å²) in [6, 6.07) is 12.0. The Morgan fingerprint density at radius 1 is 0.940 bits per heavy atom. The minimum atomic E-state index is -1.25. The molecule has 3 aromatic rings. The maximum atomic E-state index is 13.8. The average Bonchev–Trinajstić information content (AvgIpc) is 3.77. The van der Waals surface area contributed by atoms with Crippen molar-refractivity contribution in [1.82, 2.24) is 25.8 Å². The molecule has 1 saturated heterocycles. The van der Waals surface area contributed by atoms with Gasteiger partial charge in [0.2, 0.25) is 23.6 Å². The van der Waals surface area contributed by atoms with E-state index >= 15 is 0 Å². The van der Waals surface area contributed by atoms with Gasteiger partial charge in [-0.05, 0) is 68.2 Å². The van der Waals surface area contributed by atoms with Crippen LogP contribution in [0.5, 0.6) is 0 Å². The predicted molar refractivity (Wildman–Crippen MR) is 191 cm³/mol. The average molecular weight is 690 g/mol. The molecule has 13 heteroatoms. The number of unbranched alkanes of at least 4 members (excludes halogenated alkanes) is 1. The van der Waals surface area contributed by atoms with Gasteiger partial charge in [-0.15, -0.1) is 0 Å². The summed E-state index contributed by atoms with van der Waals surface area (Å²) >= 11 is 0. The number of amides is 4. The summed E-state index contributed by atoms with van der Waals surface area (Å²) in [6.45, 7) is 4.48. The number of carboxylic acids is 1. The molecule has 9 N–H and O–H groups in total. The fourth-order valence-corrected chi connectivity index (χ4v) is 6.44. The number of hydrogen-bond donors (Lipinski definition) is 7. The maximum Gasteiger partial charge on any atom is 0.326 e. The number of carbonyl (C=O) groups is 5. The van der Waals surface area contributed by atoms with Crippen LogP contribution < -0.4 is 27.4 Å². The predicted octanol–water partition coefficient (Wildman–Crippen LogP) is 1.99. The monoisotopic (exact) mass is 689 g/mol. The van der Waals surface area contributed by atoms with Crippen LogP contribution in [-0.2, 0) is 36.8 Å². The van der Waals surface area contributed by atoms with Gasteiger partial charge in [0.25, 0.3) is 0 Å². The van der Waals surface area contributed by atoms with E-state index in [0.717, 1.165) is 22.0 Å². The quantitative estimate of drug-likeness (QED) is 0.0979.